The minimum absolute atomic E-state index is 0. The quantitative estimate of drug-likeness (QED) is 0.238. The zero-order valence-electron chi connectivity index (χ0n) is 8.97. The summed E-state index contributed by atoms with van der Waals surface area (Å²) in [6.45, 7) is 0. The number of thiol groups is 1. The number of carboxylic acids is 1. The van der Waals surface area contributed by atoms with Crippen LogP contribution in [0.2, 0.25) is 0 Å². The zero-order valence-corrected chi connectivity index (χ0v) is 12.2. The number of carboxylic acid groups (broad SMARTS) is 1. The number of alkyl halides is 1. The summed E-state index contributed by atoms with van der Waals surface area (Å²) >= 11 is 10.7. The van der Waals surface area contributed by atoms with E-state index >= 15 is 0 Å². The number of quaternary nitrogens is 1. The standard InChI is InChI=1S/C4H5ClO2S.C3H7NO2S.ClH.H3N/c5-3-1-8-2-7-4(3)6;4-2(1-7)3(5)6;;/h3H,1-2H2;2,7H,1,4H2,(H,5,6);1H;1H3/t3-;2-;;/m11../s1. The lowest BCUT2D eigenvalue weighted by Gasteiger charge is -2.13. The summed E-state index contributed by atoms with van der Waals surface area (Å²) in [5.74, 6) is 0.262. The van der Waals surface area contributed by atoms with Crippen LogP contribution >= 0.6 is 36.0 Å². The minimum Gasteiger partial charge on any atom is -1.00 e. The highest BCUT2D eigenvalue weighted by Crippen LogP contribution is 2.15. The number of esters is 1. The van der Waals surface area contributed by atoms with Gasteiger partial charge >= 0.3 is 11.9 Å². The maximum atomic E-state index is 10.4. The van der Waals surface area contributed by atoms with Crippen molar-refractivity contribution in [2.24, 2.45) is 0 Å². The second-order valence-corrected chi connectivity index (χ2v) is 4.51. The average molecular weight is 327 g/mol. The summed E-state index contributed by atoms with van der Waals surface area (Å²) in [4.78, 5) is 20.2. The monoisotopic (exact) mass is 326 g/mol. The van der Waals surface area contributed by atoms with E-state index in [-0.39, 0.29) is 24.5 Å². The Morgan fingerprint density at radius 3 is 2.47 bits per heavy atom. The molecule has 0 unspecified atom stereocenters. The molecule has 0 aromatic heterocycles. The molecule has 0 radical (unpaired) electrons. The minimum atomic E-state index is -0.894. The highest BCUT2D eigenvalue weighted by atomic mass is 35.5. The fraction of sp³-hybridized carbons (Fsp3) is 0.714. The van der Waals surface area contributed by atoms with Crippen molar-refractivity contribution in [2.75, 3.05) is 17.4 Å². The van der Waals surface area contributed by atoms with Crippen molar-refractivity contribution < 1.29 is 37.6 Å². The normalized spacial score (nSPS) is 19.5. The summed E-state index contributed by atoms with van der Waals surface area (Å²) in [6.07, 6.45) is 0. The Kier molecular flexibility index (Phi) is 16.5. The molecular weight excluding hydrogens is 311 g/mol. The lowest BCUT2D eigenvalue weighted by Crippen LogP contribution is -3.00. The maximum absolute atomic E-state index is 10.4. The van der Waals surface area contributed by atoms with Crippen LogP contribution in [0.15, 0.2) is 0 Å². The van der Waals surface area contributed by atoms with E-state index in [2.05, 4.69) is 23.1 Å². The van der Waals surface area contributed by atoms with Crippen molar-refractivity contribution >= 4 is 47.9 Å². The fourth-order valence-corrected chi connectivity index (χ4v) is 1.61. The summed E-state index contributed by atoms with van der Waals surface area (Å²) in [6, 6.07) is -0.566. The zero-order chi connectivity index (χ0) is 11.8. The Bertz CT molecular complexity index is 236. The number of aliphatic carboxylic acids is 1. The van der Waals surface area contributed by atoms with Crippen molar-refractivity contribution in [1.82, 2.24) is 6.15 Å². The third-order valence-corrected chi connectivity index (χ3v) is 3.18. The first-order valence-corrected chi connectivity index (χ1v) is 6.26. The molecule has 0 aromatic carbocycles. The predicted molar refractivity (Wildman–Crippen MR) is 66.2 cm³/mol. The van der Waals surface area contributed by atoms with Gasteiger partial charge in [0.2, 0.25) is 0 Å². The molecule has 1 aliphatic heterocycles. The number of cyclic esters (lactones) is 1. The molecule has 1 saturated heterocycles. The van der Waals surface area contributed by atoms with Gasteiger partial charge in [-0.15, -0.1) is 23.4 Å². The molecule has 17 heavy (non-hydrogen) atoms. The lowest BCUT2D eigenvalue weighted by molar-refractivity contribution is -0.400. The third-order valence-electron chi connectivity index (χ3n) is 1.37. The molecule has 0 spiro atoms. The van der Waals surface area contributed by atoms with E-state index in [0.29, 0.717) is 17.4 Å². The summed E-state index contributed by atoms with van der Waals surface area (Å²) in [7, 11) is 0. The van der Waals surface area contributed by atoms with Gasteiger partial charge < -0.3 is 34.1 Å². The van der Waals surface area contributed by atoms with Gasteiger partial charge in [0, 0.05) is 5.75 Å². The molecule has 7 N–H and O–H groups in total. The molecule has 104 valence electrons. The van der Waals surface area contributed by atoms with Crippen LogP contribution in [-0.4, -0.2) is 45.9 Å². The Labute approximate surface area is 120 Å². The molecule has 0 bridgehead atoms. The van der Waals surface area contributed by atoms with Crippen LogP contribution in [0, 0.1) is 0 Å². The number of rotatable bonds is 2. The molecule has 1 rings (SSSR count). The largest absolute Gasteiger partial charge is 1.00 e. The molecule has 0 amide bonds. The Morgan fingerprint density at radius 1 is 1.76 bits per heavy atom. The number of ether oxygens (including phenoxy) is 1. The van der Waals surface area contributed by atoms with Gasteiger partial charge in [-0.1, -0.05) is 0 Å². The van der Waals surface area contributed by atoms with Crippen LogP contribution in [0.25, 0.3) is 0 Å². The Hall–Kier alpha value is 0.140. The number of thioether (sulfide) groups is 1. The summed E-state index contributed by atoms with van der Waals surface area (Å²) in [5.41, 5.74) is 3.28. The molecule has 1 fully saturated rings. The highest BCUT2D eigenvalue weighted by molar-refractivity contribution is 7.99. The molecule has 2 atom stereocenters. The Balaban J connectivity index is -0.000000208. The van der Waals surface area contributed by atoms with E-state index in [1.807, 2.05) is 0 Å². The first-order chi connectivity index (χ1) is 6.99. The SMILES string of the molecule is N.O=C1OCSC[C@H]1Cl.[Cl-].[NH3+][C@H](CS)C(=O)O. The van der Waals surface area contributed by atoms with Crippen LogP contribution in [0.4, 0.5) is 0 Å². The molecular formula is C7H16Cl2N2O4S2. The first-order valence-electron chi connectivity index (χ1n) is 4.04. The molecule has 1 aliphatic rings. The summed E-state index contributed by atoms with van der Waals surface area (Å²) in [5, 5.41) is 7.65. The van der Waals surface area contributed by atoms with Crippen molar-refractivity contribution in [1.29, 1.82) is 0 Å². The predicted octanol–water partition coefficient (Wildman–Crippen LogP) is -3.38. The topological polar surface area (TPSA) is 126 Å². The van der Waals surface area contributed by atoms with Crippen LogP contribution in [0.1, 0.15) is 0 Å². The fourth-order valence-electron chi connectivity index (χ4n) is 0.488. The highest BCUT2D eigenvalue weighted by Gasteiger charge is 2.20. The number of hydrogen-bond acceptors (Lipinski definition) is 6. The maximum Gasteiger partial charge on any atom is 0.363 e. The van der Waals surface area contributed by atoms with Crippen LogP contribution in [0.5, 0.6) is 0 Å². The van der Waals surface area contributed by atoms with E-state index in [9.17, 15) is 9.59 Å². The second kappa shape index (κ2) is 12.6. The molecule has 0 saturated carbocycles. The van der Waals surface area contributed by atoms with Gasteiger partial charge in [0.25, 0.3) is 0 Å². The van der Waals surface area contributed by atoms with Gasteiger partial charge in [-0.2, -0.15) is 12.6 Å². The third kappa shape index (κ3) is 11.0. The van der Waals surface area contributed by atoms with Crippen LogP contribution in [-0.2, 0) is 14.3 Å². The second-order valence-electron chi connectivity index (χ2n) is 2.64. The van der Waals surface area contributed by atoms with Gasteiger partial charge in [-0.05, 0) is 0 Å². The van der Waals surface area contributed by atoms with Crippen molar-refractivity contribution in [3.05, 3.63) is 0 Å². The molecule has 0 aliphatic carbocycles. The summed E-state index contributed by atoms with van der Waals surface area (Å²) < 4.78 is 4.58. The molecule has 0 aromatic rings. The van der Waals surface area contributed by atoms with Gasteiger partial charge in [0.1, 0.15) is 11.3 Å². The van der Waals surface area contributed by atoms with Crippen LogP contribution < -0.4 is 24.3 Å². The number of hydrogen-bond donors (Lipinski definition) is 4. The number of carbonyl (C=O) groups excluding carboxylic acids is 1. The van der Waals surface area contributed by atoms with Gasteiger partial charge in [-0.3, -0.25) is 4.79 Å². The van der Waals surface area contributed by atoms with Crippen LogP contribution in [0.3, 0.4) is 0 Å². The van der Waals surface area contributed by atoms with E-state index in [1.165, 1.54) is 11.8 Å². The van der Waals surface area contributed by atoms with Crippen molar-refractivity contribution in [3.8, 4) is 0 Å². The van der Waals surface area contributed by atoms with Gasteiger partial charge in [0.05, 0.1) is 5.75 Å². The van der Waals surface area contributed by atoms with E-state index in [0.717, 1.165) is 0 Å². The van der Waals surface area contributed by atoms with Crippen molar-refractivity contribution in [2.45, 2.75) is 11.4 Å². The molecule has 10 heteroatoms. The Morgan fingerprint density at radius 2 is 2.29 bits per heavy atom. The first kappa shape index (κ1) is 22.3. The average Bonchev–Trinajstić information content (AvgIpc) is 2.22. The van der Waals surface area contributed by atoms with Gasteiger partial charge in [0.15, 0.2) is 6.04 Å². The molecule has 1 heterocycles. The van der Waals surface area contributed by atoms with Crippen molar-refractivity contribution in [3.63, 3.8) is 0 Å². The number of carbonyl (C=O) groups is 2. The smallest absolute Gasteiger partial charge is 0.363 e. The van der Waals surface area contributed by atoms with E-state index in [1.54, 1.807) is 0 Å². The number of halogens is 2. The lowest BCUT2D eigenvalue weighted by atomic mass is 10.4. The van der Waals surface area contributed by atoms with E-state index < -0.39 is 17.4 Å². The molecule has 6 nitrogen and oxygen atoms in total. The van der Waals surface area contributed by atoms with Gasteiger partial charge in [-0.25, -0.2) is 4.79 Å². The van der Waals surface area contributed by atoms with E-state index in [4.69, 9.17) is 16.7 Å².